The molecule has 1 aromatic carbocycles. The molecule has 1 atom stereocenters. The van der Waals surface area contributed by atoms with E-state index in [2.05, 4.69) is 5.32 Å². The molecule has 0 saturated heterocycles. The summed E-state index contributed by atoms with van der Waals surface area (Å²) in [6.07, 6.45) is 1.43. The van der Waals surface area contributed by atoms with Gasteiger partial charge >= 0.3 is 0 Å². The Labute approximate surface area is 76.2 Å². The molecule has 0 aliphatic carbocycles. The highest BCUT2D eigenvalue weighted by atomic mass is 16.1. The standard InChI is InChI=1S/C10H10N2O/c11-8-6-9(13)12-10(8)7-4-2-1-3-5-7/h1-6,10H,11H2,(H,12,13). The van der Waals surface area contributed by atoms with E-state index in [-0.39, 0.29) is 11.9 Å². The lowest BCUT2D eigenvalue weighted by molar-refractivity contribution is -0.116. The van der Waals surface area contributed by atoms with Crippen LogP contribution in [0.1, 0.15) is 11.6 Å². The van der Waals surface area contributed by atoms with Gasteiger partial charge in [-0.1, -0.05) is 30.3 Å². The van der Waals surface area contributed by atoms with Crippen LogP contribution in [0.5, 0.6) is 0 Å². The van der Waals surface area contributed by atoms with E-state index in [1.54, 1.807) is 0 Å². The summed E-state index contributed by atoms with van der Waals surface area (Å²) < 4.78 is 0. The molecule has 13 heavy (non-hydrogen) atoms. The zero-order valence-corrected chi connectivity index (χ0v) is 7.03. The minimum absolute atomic E-state index is 0.119. The molecule has 0 radical (unpaired) electrons. The van der Waals surface area contributed by atoms with Crippen molar-refractivity contribution in [2.24, 2.45) is 5.73 Å². The molecule has 0 spiro atoms. The Morgan fingerprint density at radius 1 is 1.23 bits per heavy atom. The quantitative estimate of drug-likeness (QED) is 0.658. The third-order valence-electron chi connectivity index (χ3n) is 2.05. The molecule has 1 aliphatic heterocycles. The highest BCUT2D eigenvalue weighted by molar-refractivity contribution is 5.91. The number of amides is 1. The van der Waals surface area contributed by atoms with Crippen molar-refractivity contribution in [3.63, 3.8) is 0 Å². The highest BCUT2D eigenvalue weighted by Crippen LogP contribution is 2.21. The molecule has 0 fully saturated rings. The molecule has 0 aromatic heterocycles. The number of nitrogens with one attached hydrogen (secondary N) is 1. The van der Waals surface area contributed by atoms with Crippen LogP contribution >= 0.6 is 0 Å². The van der Waals surface area contributed by atoms with Crippen molar-refractivity contribution in [1.29, 1.82) is 0 Å². The maximum Gasteiger partial charge on any atom is 0.246 e. The summed E-state index contributed by atoms with van der Waals surface area (Å²) in [6.45, 7) is 0. The minimum atomic E-state index is -0.145. The van der Waals surface area contributed by atoms with Crippen molar-refractivity contribution in [2.75, 3.05) is 0 Å². The van der Waals surface area contributed by atoms with E-state index < -0.39 is 0 Å². The maximum atomic E-state index is 11.0. The average Bonchev–Trinajstić information content (AvgIpc) is 2.47. The van der Waals surface area contributed by atoms with Crippen LogP contribution in [0.25, 0.3) is 0 Å². The van der Waals surface area contributed by atoms with Crippen LogP contribution in [0.4, 0.5) is 0 Å². The van der Waals surface area contributed by atoms with Gasteiger partial charge in [-0.25, -0.2) is 0 Å². The second-order valence-electron chi connectivity index (χ2n) is 3.00. The van der Waals surface area contributed by atoms with Crippen LogP contribution in [0.3, 0.4) is 0 Å². The fourth-order valence-corrected chi connectivity index (χ4v) is 1.42. The first-order valence-electron chi connectivity index (χ1n) is 4.10. The third kappa shape index (κ3) is 1.40. The van der Waals surface area contributed by atoms with Crippen LogP contribution in [0.15, 0.2) is 42.1 Å². The van der Waals surface area contributed by atoms with Crippen molar-refractivity contribution in [3.8, 4) is 0 Å². The maximum absolute atomic E-state index is 11.0. The molecule has 0 saturated carbocycles. The predicted molar refractivity (Wildman–Crippen MR) is 49.6 cm³/mol. The summed E-state index contributed by atoms with van der Waals surface area (Å²) in [6, 6.07) is 9.52. The summed E-state index contributed by atoms with van der Waals surface area (Å²) in [4.78, 5) is 11.0. The second-order valence-corrected chi connectivity index (χ2v) is 3.00. The van der Waals surface area contributed by atoms with E-state index >= 15 is 0 Å². The lowest BCUT2D eigenvalue weighted by Gasteiger charge is -2.11. The number of nitrogens with two attached hydrogens (primary N) is 1. The lowest BCUT2D eigenvalue weighted by atomic mass is 10.1. The van der Waals surface area contributed by atoms with E-state index in [4.69, 9.17) is 5.73 Å². The fraction of sp³-hybridized carbons (Fsp3) is 0.100. The lowest BCUT2D eigenvalue weighted by Crippen LogP contribution is -2.22. The topological polar surface area (TPSA) is 55.1 Å². The van der Waals surface area contributed by atoms with Crippen molar-refractivity contribution < 1.29 is 4.79 Å². The van der Waals surface area contributed by atoms with Gasteiger partial charge in [0.15, 0.2) is 0 Å². The molecule has 1 unspecified atom stereocenters. The smallest absolute Gasteiger partial charge is 0.246 e. The number of carbonyl (C=O) groups excluding carboxylic acids is 1. The van der Waals surface area contributed by atoms with Crippen LogP contribution in [-0.2, 0) is 4.79 Å². The van der Waals surface area contributed by atoms with Gasteiger partial charge in [0.05, 0.1) is 6.04 Å². The van der Waals surface area contributed by atoms with Gasteiger partial charge in [0.2, 0.25) is 5.91 Å². The number of benzene rings is 1. The van der Waals surface area contributed by atoms with Gasteiger partial charge < -0.3 is 11.1 Å². The summed E-state index contributed by atoms with van der Waals surface area (Å²) in [5.41, 5.74) is 7.27. The monoisotopic (exact) mass is 174 g/mol. The summed E-state index contributed by atoms with van der Waals surface area (Å²) in [5, 5.41) is 2.76. The molecule has 0 bridgehead atoms. The molecule has 1 aromatic rings. The zero-order chi connectivity index (χ0) is 9.26. The molecule has 1 aliphatic rings. The van der Waals surface area contributed by atoms with Crippen LogP contribution < -0.4 is 11.1 Å². The Kier molecular flexibility index (Phi) is 1.77. The first-order valence-corrected chi connectivity index (χ1v) is 4.10. The molecule has 66 valence electrons. The third-order valence-corrected chi connectivity index (χ3v) is 2.05. The fourth-order valence-electron chi connectivity index (χ4n) is 1.42. The van der Waals surface area contributed by atoms with E-state index in [1.807, 2.05) is 30.3 Å². The molecular formula is C10H10N2O. The Morgan fingerprint density at radius 2 is 1.92 bits per heavy atom. The van der Waals surface area contributed by atoms with Gasteiger partial charge in [-0.05, 0) is 5.56 Å². The number of rotatable bonds is 1. The normalized spacial score (nSPS) is 21.1. The highest BCUT2D eigenvalue weighted by Gasteiger charge is 2.22. The average molecular weight is 174 g/mol. The van der Waals surface area contributed by atoms with Gasteiger partial charge in [0, 0.05) is 11.8 Å². The van der Waals surface area contributed by atoms with Gasteiger partial charge in [0.25, 0.3) is 0 Å². The van der Waals surface area contributed by atoms with Crippen molar-refractivity contribution in [2.45, 2.75) is 6.04 Å². The summed E-state index contributed by atoms with van der Waals surface area (Å²) in [7, 11) is 0. The first kappa shape index (κ1) is 7.86. The van der Waals surface area contributed by atoms with Crippen LogP contribution in [0.2, 0.25) is 0 Å². The number of hydrogen-bond acceptors (Lipinski definition) is 2. The van der Waals surface area contributed by atoms with Gasteiger partial charge in [-0.2, -0.15) is 0 Å². The Hall–Kier alpha value is -1.77. The molecule has 1 heterocycles. The number of carbonyl (C=O) groups is 1. The molecular weight excluding hydrogens is 164 g/mol. The largest absolute Gasteiger partial charge is 0.400 e. The minimum Gasteiger partial charge on any atom is -0.400 e. The molecule has 2 rings (SSSR count). The van der Waals surface area contributed by atoms with Crippen molar-refractivity contribution in [3.05, 3.63) is 47.7 Å². The first-order chi connectivity index (χ1) is 6.27. The van der Waals surface area contributed by atoms with Gasteiger partial charge in [-0.15, -0.1) is 0 Å². The summed E-state index contributed by atoms with van der Waals surface area (Å²) in [5.74, 6) is -0.119. The molecule has 3 heteroatoms. The van der Waals surface area contributed by atoms with E-state index in [9.17, 15) is 4.79 Å². The van der Waals surface area contributed by atoms with Crippen molar-refractivity contribution in [1.82, 2.24) is 5.32 Å². The van der Waals surface area contributed by atoms with Gasteiger partial charge in [0.1, 0.15) is 0 Å². The van der Waals surface area contributed by atoms with Crippen LogP contribution in [0, 0.1) is 0 Å². The van der Waals surface area contributed by atoms with E-state index in [1.165, 1.54) is 6.08 Å². The molecule has 3 nitrogen and oxygen atoms in total. The van der Waals surface area contributed by atoms with Crippen molar-refractivity contribution >= 4 is 5.91 Å². The second kappa shape index (κ2) is 2.94. The Balaban J connectivity index is 2.30. The Morgan fingerprint density at radius 3 is 2.46 bits per heavy atom. The molecule has 1 amide bonds. The van der Waals surface area contributed by atoms with Crippen LogP contribution in [-0.4, -0.2) is 5.91 Å². The predicted octanol–water partition coefficient (Wildman–Crippen LogP) is 0.700. The SMILES string of the molecule is NC1=CC(=O)NC1c1ccccc1. The zero-order valence-electron chi connectivity index (χ0n) is 7.03. The van der Waals surface area contributed by atoms with E-state index in [0.29, 0.717) is 5.70 Å². The Bertz CT molecular complexity index is 356. The van der Waals surface area contributed by atoms with E-state index in [0.717, 1.165) is 5.56 Å². The van der Waals surface area contributed by atoms with Gasteiger partial charge in [-0.3, -0.25) is 4.79 Å². The molecule has 3 N–H and O–H groups in total. The number of hydrogen-bond donors (Lipinski definition) is 2. The summed E-state index contributed by atoms with van der Waals surface area (Å²) >= 11 is 0.